The van der Waals surface area contributed by atoms with Crippen LogP contribution in [0.3, 0.4) is 0 Å². The van der Waals surface area contributed by atoms with Gasteiger partial charge in [0.2, 0.25) is 11.8 Å². The molecule has 2 fully saturated rings. The largest absolute Gasteiger partial charge is 0.483 e. The summed E-state index contributed by atoms with van der Waals surface area (Å²) in [6.07, 6.45) is 9.94. The third-order valence-electron chi connectivity index (χ3n) is 6.26. The maximum Gasteiger partial charge on any atom is 0.290 e. The molecule has 4 N–H and O–H groups in total. The minimum atomic E-state index is -0.250. The van der Waals surface area contributed by atoms with Gasteiger partial charge in [0.15, 0.2) is 0 Å². The predicted molar refractivity (Wildman–Crippen MR) is 129 cm³/mol. The monoisotopic (exact) mass is 489 g/mol. The topological polar surface area (TPSA) is 142 Å². The third kappa shape index (κ3) is 5.64. The molecule has 0 unspecified atom stereocenters. The Balaban J connectivity index is 0.000000815. The number of rotatable bonds is 7. The molecule has 11 heteroatoms. The van der Waals surface area contributed by atoms with E-state index in [0.29, 0.717) is 35.3 Å². The highest BCUT2D eigenvalue weighted by Gasteiger charge is 2.35. The number of carbonyl (C=O) groups excluding carboxylic acids is 3. The molecular weight excluding hydrogens is 458 g/mol. The van der Waals surface area contributed by atoms with Crippen LogP contribution in [0.1, 0.15) is 67.3 Å². The lowest BCUT2D eigenvalue weighted by Gasteiger charge is -2.25. The highest BCUT2D eigenvalue weighted by Crippen LogP contribution is 2.42. The quantitative estimate of drug-likeness (QED) is 0.440. The summed E-state index contributed by atoms with van der Waals surface area (Å²) in [4.78, 5) is 50.9. The third-order valence-corrected chi connectivity index (χ3v) is 7.47. The number of hydrogen-bond acceptors (Lipinski definition) is 6. The van der Waals surface area contributed by atoms with Crippen LogP contribution < -0.4 is 16.0 Å². The van der Waals surface area contributed by atoms with E-state index in [1.165, 1.54) is 24.6 Å². The first-order valence-corrected chi connectivity index (χ1v) is 12.3. The van der Waals surface area contributed by atoms with Gasteiger partial charge in [-0.2, -0.15) is 0 Å². The van der Waals surface area contributed by atoms with Gasteiger partial charge in [-0.15, -0.1) is 11.3 Å². The van der Waals surface area contributed by atoms with Crippen molar-refractivity contribution in [3.8, 4) is 0 Å². The van der Waals surface area contributed by atoms with Gasteiger partial charge in [0, 0.05) is 31.7 Å². The summed E-state index contributed by atoms with van der Waals surface area (Å²) in [6, 6.07) is 0.0911. The minimum Gasteiger partial charge on any atom is -0.483 e. The molecule has 0 aromatic carbocycles. The van der Waals surface area contributed by atoms with Crippen molar-refractivity contribution in [2.45, 2.75) is 57.9 Å². The zero-order valence-electron chi connectivity index (χ0n) is 19.0. The van der Waals surface area contributed by atoms with Crippen LogP contribution >= 0.6 is 11.3 Å². The zero-order valence-corrected chi connectivity index (χ0v) is 19.8. The molecule has 2 saturated carbocycles. The number of aromatic nitrogens is 2. The number of hydrogen-bond donors (Lipinski definition) is 4. The van der Waals surface area contributed by atoms with Crippen LogP contribution in [-0.2, 0) is 27.2 Å². The van der Waals surface area contributed by atoms with Crippen molar-refractivity contribution in [3.05, 3.63) is 28.5 Å². The fourth-order valence-electron chi connectivity index (χ4n) is 4.21. The Labute approximate surface area is 202 Å². The molecule has 0 saturated heterocycles. The van der Waals surface area contributed by atoms with Gasteiger partial charge in [-0.05, 0) is 56.4 Å². The molecule has 0 bridgehead atoms. The predicted octanol–water partition coefficient (Wildman–Crippen LogP) is 3.07. The molecule has 1 atom stereocenters. The van der Waals surface area contributed by atoms with E-state index in [1.54, 1.807) is 23.9 Å². The first-order chi connectivity index (χ1) is 16.4. The molecule has 2 heterocycles. The second kappa shape index (κ2) is 10.4. The standard InChI is InChI=1S/C22H27N5O3S.CH2O2.H2/c1-12(28)25-18-10-23-11-27(18)15-6-7-17-16(8-15)19(21(30)24-9-13-2-3-13)22(31-17)26-20(29)14-4-5-14;2-1-3;/h10-11,13-15H,2-9H2,1H3,(H,24,30)(H,25,28)(H,26,29);1H,(H,2,3);1H/t15-;;/m0../s1. The van der Waals surface area contributed by atoms with Crippen molar-refractivity contribution in [2.24, 2.45) is 11.8 Å². The van der Waals surface area contributed by atoms with Gasteiger partial charge in [-0.25, -0.2) is 4.98 Å². The smallest absolute Gasteiger partial charge is 0.290 e. The molecule has 10 nitrogen and oxygen atoms in total. The molecule has 3 aliphatic rings. The normalized spacial score (nSPS) is 18.7. The Morgan fingerprint density at radius 3 is 2.62 bits per heavy atom. The summed E-state index contributed by atoms with van der Waals surface area (Å²) in [5.74, 6) is 1.12. The first kappa shape index (κ1) is 23.9. The molecule has 2 aromatic heterocycles. The Morgan fingerprint density at radius 2 is 1.97 bits per heavy atom. The van der Waals surface area contributed by atoms with Gasteiger partial charge >= 0.3 is 0 Å². The average molecular weight is 490 g/mol. The van der Waals surface area contributed by atoms with E-state index in [1.807, 2.05) is 4.57 Å². The number of anilines is 2. The Kier molecular flexibility index (Phi) is 7.30. The second-order valence-electron chi connectivity index (χ2n) is 8.99. The van der Waals surface area contributed by atoms with Crippen molar-refractivity contribution in [2.75, 3.05) is 17.2 Å². The van der Waals surface area contributed by atoms with Gasteiger partial charge in [0.1, 0.15) is 10.8 Å². The molecule has 5 rings (SSSR count). The summed E-state index contributed by atoms with van der Waals surface area (Å²) >= 11 is 1.54. The highest BCUT2D eigenvalue weighted by atomic mass is 32.1. The summed E-state index contributed by atoms with van der Waals surface area (Å²) in [7, 11) is 0. The van der Waals surface area contributed by atoms with Crippen molar-refractivity contribution < 1.29 is 25.7 Å². The van der Waals surface area contributed by atoms with Crippen LogP contribution in [0.5, 0.6) is 0 Å². The first-order valence-electron chi connectivity index (χ1n) is 11.5. The molecule has 34 heavy (non-hydrogen) atoms. The summed E-state index contributed by atoms with van der Waals surface area (Å²) in [5, 5.41) is 16.5. The maximum atomic E-state index is 13.2. The number of aryl methyl sites for hydroxylation is 1. The molecule has 0 spiro atoms. The fourth-order valence-corrected chi connectivity index (χ4v) is 5.46. The van der Waals surface area contributed by atoms with E-state index in [2.05, 4.69) is 20.9 Å². The van der Waals surface area contributed by atoms with Crippen molar-refractivity contribution in [1.82, 2.24) is 14.9 Å². The summed E-state index contributed by atoms with van der Waals surface area (Å²) in [5.41, 5.74) is 1.64. The number of carboxylic acid groups (broad SMARTS) is 1. The maximum absolute atomic E-state index is 13.2. The van der Waals surface area contributed by atoms with E-state index in [4.69, 9.17) is 9.90 Å². The number of carbonyl (C=O) groups is 4. The number of nitrogens with zero attached hydrogens (tertiary/aromatic N) is 2. The van der Waals surface area contributed by atoms with Gasteiger partial charge in [0.05, 0.1) is 18.1 Å². The SMILES string of the molecule is CC(=O)Nc1cncn1[C@H]1CCc2sc(NC(=O)C3CC3)c(C(=O)NCC3CC3)c2C1.O=CO.[HH]. The van der Waals surface area contributed by atoms with E-state index in [9.17, 15) is 14.4 Å². The highest BCUT2D eigenvalue weighted by molar-refractivity contribution is 7.17. The van der Waals surface area contributed by atoms with Crippen LogP contribution in [0.25, 0.3) is 0 Å². The van der Waals surface area contributed by atoms with Crippen molar-refractivity contribution in [3.63, 3.8) is 0 Å². The van der Waals surface area contributed by atoms with E-state index >= 15 is 0 Å². The van der Waals surface area contributed by atoms with E-state index < -0.39 is 0 Å². The van der Waals surface area contributed by atoms with Gasteiger partial charge < -0.3 is 25.6 Å². The zero-order chi connectivity index (χ0) is 24.2. The minimum absolute atomic E-state index is 0. The van der Waals surface area contributed by atoms with Crippen LogP contribution in [-0.4, -0.2) is 45.4 Å². The molecule has 0 aliphatic heterocycles. The van der Waals surface area contributed by atoms with Crippen LogP contribution in [0, 0.1) is 11.8 Å². The summed E-state index contributed by atoms with van der Waals surface area (Å²) in [6.45, 7) is 1.92. The van der Waals surface area contributed by atoms with Crippen LogP contribution in [0.4, 0.5) is 10.8 Å². The van der Waals surface area contributed by atoms with Gasteiger partial charge in [-0.3, -0.25) is 19.2 Å². The Morgan fingerprint density at radius 1 is 1.24 bits per heavy atom. The second-order valence-corrected chi connectivity index (χ2v) is 10.1. The fraction of sp³-hybridized carbons (Fsp3) is 0.522. The van der Waals surface area contributed by atoms with E-state index in [0.717, 1.165) is 31.2 Å². The van der Waals surface area contributed by atoms with Crippen LogP contribution in [0.15, 0.2) is 12.5 Å². The lowest BCUT2D eigenvalue weighted by molar-refractivity contribution is -0.123. The lowest BCUT2D eigenvalue weighted by atomic mass is 9.91. The lowest BCUT2D eigenvalue weighted by Crippen LogP contribution is -2.29. The number of fused-ring (bicyclic) bond motifs is 1. The summed E-state index contributed by atoms with van der Waals surface area (Å²) < 4.78 is 1.98. The molecular formula is C23H31N5O5S. The van der Waals surface area contributed by atoms with Gasteiger partial charge in [-0.1, -0.05) is 0 Å². The Bertz CT molecular complexity index is 1090. The number of thiophene rings is 1. The Hall–Kier alpha value is -3.21. The molecule has 2 aromatic rings. The average Bonchev–Trinajstić information content (AvgIpc) is 3.72. The van der Waals surface area contributed by atoms with Gasteiger partial charge in [0.25, 0.3) is 12.4 Å². The van der Waals surface area contributed by atoms with Crippen molar-refractivity contribution in [1.29, 1.82) is 0 Å². The number of imidazole rings is 1. The molecule has 3 amide bonds. The molecule has 3 aliphatic carbocycles. The number of amides is 3. The van der Waals surface area contributed by atoms with Crippen LogP contribution in [0.2, 0.25) is 0 Å². The van der Waals surface area contributed by atoms with Crippen molar-refractivity contribution >= 4 is 46.3 Å². The molecule has 0 radical (unpaired) electrons. The van der Waals surface area contributed by atoms with E-state index in [-0.39, 0.29) is 37.6 Å². The number of nitrogens with one attached hydrogen (secondary N) is 3. The molecule has 184 valence electrons.